The zero-order valence-electron chi connectivity index (χ0n) is 11.5. The molecule has 1 aliphatic carbocycles. The smallest absolute Gasteiger partial charge is 0.0697 e. The third-order valence-corrected chi connectivity index (χ3v) is 5.00. The zero-order valence-corrected chi connectivity index (χ0v) is 11.5. The van der Waals surface area contributed by atoms with Crippen molar-refractivity contribution >= 4 is 0 Å². The van der Waals surface area contributed by atoms with Crippen LogP contribution >= 0.6 is 0 Å². The molecule has 2 nitrogen and oxygen atoms in total. The Balaban J connectivity index is 1.95. The number of rotatable bonds is 2. The Hall–Kier alpha value is -0.0800. The lowest BCUT2D eigenvalue weighted by Gasteiger charge is -2.38. The first-order valence-electron chi connectivity index (χ1n) is 7.42. The molecule has 17 heavy (non-hydrogen) atoms. The van der Waals surface area contributed by atoms with Crippen molar-refractivity contribution in [2.45, 2.75) is 64.4 Å². The average molecular weight is 240 g/mol. The minimum Gasteiger partial charge on any atom is -0.390 e. The standard InChI is InChI=1S/C15H28O2/c1-12(2)13-5-3-8-15(16,9-7-13)14-6-4-10-17-11-14/h12-14,16H,3-11H2,1-2H3. The van der Waals surface area contributed by atoms with Crippen LogP contribution in [0.1, 0.15) is 58.8 Å². The highest BCUT2D eigenvalue weighted by Gasteiger charge is 2.39. The van der Waals surface area contributed by atoms with Crippen molar-refractivity contribution in [1.82, 2.24) is 0 Å². The van der Waals surface area contributed by atoms with E-state index >= 15 is 0 Å². The molecule has 0 aromatic rings. The van der Waals surface area contributed by atoms with Crippen LogP contribution in [-0.2, 0) is 4.74 Å². The molecule has 3 unspecified atom stereocenters. The van der Waals surface area contributed by atoms with Crippen LogP contribution < -0.4 is 0 Å². The molecule has 0 aromatic carbocycles. The molecule has 2 rings (SSSR count). The van der Waals surface area contributed by atoms with Gasteiger partial charge in [-0.05, 0) is 43.9 Å². The first-order valence-corrected chi connectivity index (χ1v) is 7.42. The SMILES string of the molecule is CC(C)C1CCCC(O)(C2CCCOC2)CC1. The molecule has 1 saturated heterocycles. The van der Waals surface area contributed by atoms with Crippen LogP contribution in [0.15, 0.2) is 0 Å². The van der Waals surface area contributed by atoms with E-state index in [1.807, 2.05) is 0 Å². The van der Waals surface area contributed by atoms with E-state index in [0.29, 0.717) is 5.92 Å². The van der Waals surface area contributed by atoms with E-state index in [1.165, 1.54) is 19.3 Å². The highest BCUT2D eigenvalue weighted by atomic mass is 16.5. The van der Waals surface area contributed by atoms with Gasteiger partial charge in [0.25, 0.3) is 0 Å². The zero-order chi connectivity index (χ0) is 12.3. The molecule has 100 valence electrons. The third kappa shape index (κ3) is 3.23. The summed E-state index contributed by atoms with van der Waals surface area (Å²) in [6.45, 7) is 6.31. The second-order valence-electron chi connectivity index (χ2n) is 6.45. The van der Waals surface area contributed by atoms with Crippen LogP contribution in [0.25, 0.3) is 0 Å². The summed E-state index contributed by atoms with van der Waals surface area (Å²) in [5.41, 5.74) is -0.427. The summed E-state index contributed by atoms with van der Waals surface area (Å²) in [7, 11) is 0. The van der Waals surface area contributed by atoms with Gasteiger partial charge in [0, 0.05) is 12.5 Å². The summed E-state index contributed by atoms with van der Waals surface area (Å²) in [5, 5.41) is 10.9. The average Bonchev–Trinajstić information content (AvgIpc) is 2.54. The molecule has 3 atom stereocenters. The van der Waals surface area contributed by atoms with Crippen molar-refractivity contribution in [3.8, 4) is 0 Å². The lowest BCUT2D eigenvalue weighted by atomic mass is 9.78. The summed E-state index contributed by atoms with van der Waals surface area (Å²) in [6, 6.07) is 0. The van der Waals surface area contributed by atoms with Gasteiger partial charge in [-0.25, -0.2) is 0 Å². The molecule has 0 aromatic heterocycles. The minimum atomic E-state index is -0.427. The lowest BCUT2D eigenvalue weighted by Crippen LogP contribution is -2.42. The molecule has 0 amide bonds. The monoisotopic (exact) mass is 240 g/mol. The van der Waals surface area contributed by atoms with Gasteiger partial charge in [-0.1, -0.05) is 26.7 Å². The van der Waals surface area contributed by atoms with Crippen LogP contribution in [0.3, 0.4) is 0 Å². The van der Waals surface area contributed by atoms with Crippen molar-refractivity contribution in [3.05, 3.63) is 0 Å². The molecular formula is C15H28O2. The van der Waals surface area contributed by atoms with E-state index in [2.05, 4.69) is 13.8 Å². The first kappa shape index (κ1) is 13.4. The molecule has 0 bridgehead atoms. The van der Waals surface area contributed by atoms with Crippen molar-refractivity contribution in [2.75, 3.05) is 13.2 Å². The normalized spacial score (nSPS) is 40.2. The van der Waals surface area contributed by atoms with Crippen LogP contribution in [0.4, 0.5) is 0 Å². The summed E-state index contributed by atoms with van der Waals surface area (Å²) in [5.74, 6) is 1.97. The number of ether oxygens (including phenoxy) is 1. The van der Waals surface area contributed by atoms with Crippen LogP contribution in [0.5, 0.6) is 0 Å². The number of hydrogen-bond acceptors (Lipinski definition) is 2. The van der Waals surface area contributed by atoms with Crippen LogP contribution in [0.2, 0.25) is 0 Å². The Morgan fingerprint density at radius 1 is 1.12 bits per heavy atom. The molecule has 1 aliphatic heterocycles. The highest BCUT2D eigenvalue weighted by molar-refractivity contribution is 4.90. The first-order chi connectivity index (χ1) is 8.12. The van der Waals surface area contributed by atoms with Gasteiger partial charge in [0.1, 0.15) is 0 Å². The Labute approximate surface area is 106 Å². The Morgan fingerprint density at radius 2 is 1.94 bits per heavy atom. The van der Waals surface area contributed by atoms with Gasteiger partial charge in [-0.15, -0.1) is 0 Å². The highest BCUT2D eigenvalue weighted by Crippen LogP contribution is 2.40. The van der Waals surface area contributed by atoms with Gasteiger partial charge in [0.05, 0.1) is 12.2 Å². The van der Waals surface area contributed by atoms with Crippen molar-refractivity contribution in [1.29, 1.82) is 0 Å². The van der Waals surface area contributed by atoms with E-state index in [4.69, 9.17) is 4.74 Å². The van der Waals surface area contributed by atoms with Gasteiger partial charge < -0.3 is 9.84 Å². The molecule has 1 N–H and O–H groups in total. The predicted octanol–water partition coefficient (Wildman–Crippen LogP) is 3.38. The van der Waals surface area contributed by atoms with Crippen molar-refractivity contribution < 1.29 is 9.84 Å². The molecule has 1 heterocycles. The number of hydrogen-bond donors (Lipinski definition) is 1. The Bertz CT molecular complexity index is 233. The van der Waals surface area contributed by atoms with Crippen LogP contribution in [0, 0.1) is 17.8 Å². The van der Waals surface area contributed by atoms with Gasteiger partial charge in [0.15, 0.2) is 0 Å². The van der Waals surface area contributed by atoms with E-state index in [1.54, 1.807) is 0 Å². The van der Waals surface area contributed by atoms with Crippen LogP contribution in [-0.4, -0.2) is 23.9 Å². The fourth-order valence-corrected chi connectivity index (χ4v) is 3.61. The maximum Gasteiger partial charge on any atom is 0.0697 e. The lowest BCUT2D eigenvalue weighted by molar-refractivity contribution is -0.0878. The molecule has 0 spiro atoms. The minimum absolute atomic E-state index is 0.391. The van der Waals surface area contributed by atoms with E-state index in [9.17, 15) is 5.11 Å². The fourth-order valence-electron chi connectivity index (χ4n) is 3.61. The third-order valence-electron chi connectivity index (χ3n) is 5.00. The van der Waals surface area contributed by atoms with Gasteiger partial charge in [-0.2, -0.15) is 0 Å². The molecule has 0 radical (unpaired) electrons. The quantitative estimate of drug-likeness (QED) is 0.750. The van der Waals surface area contributed by atoms with Crippen molar-refractivity contribution in [3.63, 3.8) is 0 Å². The second-order valence-corrected chi connectivity index (χ2v) is 6.45. The maximum atomic E-state index is 10.9. The van der Waals surface area contributed by atoms with Gasteiger partial charge in [-0.3, -0.25) is 0 Å². The van der Waals surface area contributed by atoms with E-state index < -0.39 is 5.60 Å². The molecule has 2 aliphatic rings. The number of aliphatic hydroxyl groups is 1. The molecule has 2 heteroatoms. The van der Waals surface area contributed by atoms with E-state index in [0.717, 1.165) is 50.7 Å². The van der Waals surface area contributed by atoms with Crippen molar-refractivity contribution in [2.24, 2.45) is 17.8 Å². The topological polar surface area (TPSA) is 29.5 Å². The second kappa shape index (κ2) is 5.71. The Morgan fingerprint density at radius 3 is 2.59 bits per heavy atom. The maximum absolute atomic E-state index is 10.9. The molecule has 1 saturated carbocycles. The van der Waals surface area contributed by atoms with Gasteiger partial charge in [0.2, 0.25) is 0 Å². The Kier molecular flexibility index (Phi) is 4.48. The largest absolute Gasteiger partial charge is 0.390 e. The summed E-state index contributed by atoms with van der Waals surface area (Å²) in [4.78, 5) is 0. The molecular weight excluding hydrogens is 212 g/mol. The van der Waals surface area contributed by atoms with Gasteiger partial charge >= 0.3 is 0 Å². The fraction of sp³-hybridized carbons (Fsp3) is 1.00. The summed E-state index contributed by atoms with van der Waals surface area (Å²) in [6.07, 6.45) is 7.95. The summed E-state index contributed by atoms with van der Waals surface area (Å²) < 4.78 is 5.56. The molecule has 2 fully saturated rings. The predicted molar refractivity (Wildman–Crippen MR) is 69.9 cm³/mol. The van der Waals surface area contributed by atoms with E-state index in [-0.39, 0.29) is 0 Å². The summed E-state index contributed by atoms with van der Waals surface area (Å²) >= 11 is 0.